The number of hydrogen-bond donors (Lipinski definition) is 1. The Morgan fingerprint density at radius 2 is 2.09 bits per heavy atom. The van der Waals surface area contributed by atoms with Gasteiger partial charge in [-0.25, -0.2) is 4.98 Å². The molecule has 1 N–H and O–H groups in total. The molecular formula is C17H20N4S. The van der Waals surface area contributed by atoms with Gasteiger partial charge in [0.1, 0.15) is 0 Å². The van der Waals surface area contributed by atoms with Gasteiger partial charge in [-0.3, -0.25) is 4.90 Å². The highest BCUT2D eigenvalue weighted by Crippen LogP contribution is 2.44. The minimum absolute atomic E-state index is 0.588. The summed E-state index contributed by atoms with van der Waals surface area (Å²) in [5, 5.41) is 4.51. The molecule has 5 rings (SSSR count). The van der Waals surface area contributed by atoms with Crippen LogP contribution in [0.1, 0.15) is 25.7 Å². The number of hydrogen-bond acceptors (Lipinski definition) is 2. The lowest BCUT2D eigenvalue weighted by Gasteiger charge is -2.27. The SMILES string of the molecule is S=C(NC1CC2CCC1C2)N1CCn2c1nc1ccccc12. The van der Waals surface area contributed by atoms with Gasteiger partial charge in [-0.2, -0.15) is 0 Å². The first-order chi connectivity index (χ1) is 10.8. The standard InChI is InChI=1S/C17H20N4S/c22-17(19-14-10-11-5-6-12(14)9-11)21-8-7-20-15-4-2-1-3-13(15)18-16(20)21/h1-4,11-12,14H,5-10H2,(H,19,22). The fourth-order valence-electron chi connectivity index (χ4n) is 4.64. The molecule has 22 heavy (non-hydrogen) atoms. The number of para-hydroxylation sites is 2. The van der Waals surface area contributed by atoms with Crippen LogP contribution in [0.2, 0.25) is 0 Å². The molecule has 5 heteroatoms. The van der Waals surface area contributed by atoms with E-state index in [9.17, 15) is 0 Å². The predicted molar refractivity (Wildman–Crippen MR) is 92.0 cm³/mol. The summed E-state index contributed by atoms with van der Waals surface area (Å²) in [5.74, 6) is 2.78. The van der Waals surface area contributed by atoms with E-state index < -0.39 is 0 Å². The zero-order valence-corrected chi connectivity index (χ0v) is 13.4. The number of anilines is 1. The minimum Gasteiger partial charge on any atom is -0.359 e. The molecule has 2 bridgehead atoms. The van der Waals surface area contributed by atoms with Crippen LogP contribution in [0.15, 0.2) is 24.3 Å². The fraction of sp³-hybridized carbons (Fsp3) is 0.529. The van der Waals surface area contributed by atoms with E-state index in [1.165, 1.54) is 31.2 Å². The Bertz CT molecular complexity index is 752. The number of nitrogens with one attached hydrogen (secondary N) is 1. The number of imidazole rings is 1. The molecule has 2 saturated carbocycles. The van der Waals surface area contributed by atoms with Crippen molar-refractivity contribution in [2.24, 2.45) is 11.8 Å². The van der Waals surface area contributed by atoms with Crippen molar-refractivity contribution in [3.05, 3.63) is 24.3 Å². The van der Waals surface area contributed by atoms with Gasteiger partial charge in [-0.05, 0) is 55.4 Å². The van der Waals surface area contributed by atoms with Gasteiger partial charge >= 0.3 is 0 Å². The van der Waals surface area contributed by atoms with Crippen molar-refractivity contribution in [3.63, 3.8) is 0 Å². The number of nitrogens with zero attached hydrogens (tertiary/aromatic N) is 3. The first kappa shape index (κ1) is 12.9. The molecule has 2 heterocycles. The van der Waals surface area contributed by atoms with Gasteiger partial charge in [-0.1, -0.05) is 18.6 Å². The molecule has 2 aromatic rings. The first-order valence-corrected chi connectivity index (χ1v) is 8.74. The number of thiocarbonyl (C=S) groups is 1. The zero-order valence-electron chi connectivity index (χ0n) is 12.5. The van der Waals surface area contributed by atoms with Crippen LogP contribution in [0.5, 0.6) is 0 Å². The Kier molecular flexibility index (Phi) is 2.74. The quantitative estimate of drug-likeness (QED) is 0.821. The highest BCUT2D eigenvalue weighted by molar-refractivity contribution is 7.80. The third-order valence-corrected chi connectivity index (χ3v) is 6.05. The molecule has 2 aliphatic carbocycles. The van der Waals surface area contributed by atoms with Gasteiger partial charge in [0.2, 0.25) is 5.95 Å². The van der Waals surface area contributed by atoms with Crippen LogP contribution >= 0.6 is 12.2 Å². The summed E-state index contributed by atoms with van der Waals surface area (Å²) in [6.07, 6.45) is 5.51. The molecule has 1 aromatic carbocycles. The van der Waals surface area contributed by atoms with Crippen LogP contribution in [-0.2, 0) is 6.54 Å². The van der Waals surface area contributed by atoms with Gasteiger partial charge in [0.05, 0.1) is 11.0 Å². The third-order valence-electron chi connectivity index (χ3n) is 5.72. The second kappa shape index (κ2) is 4.69. The number of fused-ring (bicyclic) bond motifs is 5. The van der Waals surface area contributed by atoms with Crippen molar-refractivity contribution in [1.29, 1.82) is 0 Å². The van der Waals surface area contributed by atoms with Crippen LogP contribution in [0.4, 0.5) is 5.95 Å². The van der Waals surface area contributed by atoms with E-state index in [2.05, 4.69) is 33.0 Å². The van der Waals surface area contributed by atoms with Crippen LogP contribution in [0.3, 0.4) is 0 Å². The van der Waals surface area contributed by atoms with E-state index in [0.29, 0.717) is 6.04 Å². The normalized spacial score (nSPS) is 29.3. The highest BCUT2D eigenvalue weighted by Gasteiger charge is 2.40. The second-order valence-electron chi connectivity index (χ2n) is 6.93. The van der Waals surface area contributed by atoms with Crippen LogP contribution in [0, 0.1) is 11.8 Å². The maximum atomic E-state index is 5.71. The third kappa shape index (κ3) is 1.81. The maximum Gasteiger partial charge on any atom is 0.213 e. The van der Waals surface area contributed by atoms with Crippen molar-refractivity contribution < 1.29 is 0 Å². The predicted octanol–water partition coefficient (Wildman–Crippen LogP) is 2.92. The van der Waals surface area contributed by atoms with E-state index in [1.54, 1.807) is 0 Å². The Morgan fingerprint density at radius 1 is 1.18 bits per heavy atom. The topological polar surface area (TPSA) is 33.1 Å². The summed E-state index contributed by atoms with van der Waals surface area (Å²) in [5.41, 5.74) is 2.27. The van der Waals surface area contributed by atoms with E-state index in [-0.39, 0.29) is 0 Å². The molecule has 0 amide bonds. The Hall–Kier alpha value is -1.62. The molecule has 1 aromatic heterocycles. The molecule has 0 saturated heterocycles. The molecule has 1 aliphatic heterocycles. The smallest absolute Gasteiger partial charge is 0.213 e. The van der Waals surface area contributed by atoms with Gasteiger partial charge in [0, 0.05) is 19.1 Å². The molecular weight excluding hydrogens is 292 g/mol. The van der Waals surface area contributed by atoms with E-state index >= 15 is 0 Å². The summed E-state index contributed by atoms with van der Waals surface area (Å²) >= 11 is 5.71. The zero-order chi connectivity index (χ0) is 14.7. The van der Waals surface area contributed by atoms with Gasteiger partial charge < -0.3 is 9.88 Å². The van der Waals surface area contributed by atoms with Crippen molar-refractivity contribution in [3.8, 4) is 0 Å². The fourth-order valence-corrected chi connectivity index (χ4v) is 4.96. The lowest BCUT2D eigenvalue weighted by Crippen LogP contribution is -2.46. The van der Waals surface area contributed by atoms with E-state index in [1.807, 2.05) is 6.07 Å². The lowest BCUT2D eigenvalue weighted by atomic mass is 9.95. The molecule has 3 atom stereocenters. The molecule has 3 unspecified atom stereocenters. The van der Waals surface area contributed by atoms with Gasteiger partial charge in [-0.15, -0.1) is 0 Å². The Labute approximate surface area is 135 Å². The summed E-state index contributed by atoms with van der Waals surface area (Å²) in [7, 11) is 0. The van der Waals surface area contributed by atoms with Crippen molar-refractivity contribution in [1.82, 2.24) is 14.9 Å². The monoisotopic (exact) mass is 312 g/mol. The average Bonchev–Trinajstić information content (AvgIpc) is 3.26. The highest BCUT2D eigenvalue weighted by atomic mass is 32.1. The summed E-state index contributed by atoms with van der Waals surface area (Å²) in [6, 6.07) is 8.92. The van der Waals surface area contributed by atoms with E-state index in [4.69, 9.17) is 17.2 Å². The molecule has 114 valence electrons. The van der Waals surface area contributed by atoms with Crippen molar-refractivity contribution in [2.75, 3.05) is 11.4 Å². The summed E-state index contributed by atoms with van der Waals surface area (Å²) in [6.45, 7) is 1.90. The number of benzene rings is 1. The molecule has 4 nitrogen and oxygen atoms in total. The second-order valence-corrected chi connectivity index (χ2v) is 7.32. The largest absolute Gasteiger partial charge is 0.359 e. The van der Waals surface area contributed by atoms with Gasteiger partial charge in [0.25, 0.3) is 0 Å². The molecule has 0 radical (unpaired) electrons. The number of rotatable bonds is 1. The minimum atomic E-state index is 0.588. The van der Waals surface area contributed by atoms with Crippen LogP contribution < -0.4 is 10.2 Å². The van der Waals surface area contributed by atoms with Crippen LogP contribution in [0.25, 0.3) is 11.0 Å². The van der Waals surface area contributed by atoms with Crippen molar-refractivity contribution in [2.45, 2.75) is 38.3 Å². The molecule has 2 fully saturated rings. The van der Waals surface area contributed by atoms with Crippen LogP contribution in [-0.4, -0.2) is 27.3 Å². The van der Waals surface area contributed by atoms with Crippen molar-refractivity contribution >= 4 is 34.3 Å². The van der Waals surface area contributed by atoms with E-state index in [0.717, 1.165) is 41.5 Å². The summed E-state index contributed by atoms with van der Waals surface area (Å²) < 4.78 is 2.28. The summed E-state index contributed by atoms with van der Waals surface area (Å²) in [4.78, 5) is 6.96. The maximum absolute atomic E-state index is 5.71. The molecule has 3 aliphatic rings. The Balaban J connectivity index is 1.40. The Morgan fingerprint density at radius 3 is 2.91 bits per heavy atom. The first-order valence-electron chi connectivity index (χ1n) is 8.33. The molecule has 0 spiro atoms. The average molecular weight is 312 g/mol. The van der Waals surface area contributed by atoms with Gasteiger partial charge in [0.15, 0.2) is 5.11 Å². The number of aromatic nitrogens is 2. The lowest BCUT2D eigenvalue weighted by molar-refractivity contribution is 0.390.